The molecule has 0 atom stereocenters. The molecule has 3 rings (SSSR count). The molecular formula is C16H20ClNO3. The number of hydrogen-bond donors (Lipinski definition) is 1. The first kappa shape index (κ1) is 14.8. The molecule has 0 unspecified atom stereocenters. The van der Waals surface area contributed by atoms with Gasteiger partial charge in [0.2, 0.25) is 5.91 Å². The van der Waals surface area contributed by atoms with E-state index < -0.39 is 5.79 Å². The summed E-state index contributed by atoms with van der Waals surface area (Å²) in [5.41, 5.74) is 1.81. The first-order valence-electron chi connectivity index (χ1n) is 7.43. The molecule has 114 valence electrons. The monoisotopic (exact) mass is 309 g/mol. The molecule has 0 radical (unpaired) electrons. The number of carbonyl (C=O) groups excluding carboxylic acids is 1. The van der Waals surface area contributed by atoms with Crippen LogP contribution in [-0.4, -0.2) is 24.9 Å². The lowest BCUT2D eigenvalue weighted by atomic mass is 9.84. The Bertz CT molecular complexity index is 530. The number of nitrogens with one attached hydrogen (secondary N) is 1. The molecule has 0 aromatic heterocycles. The molecule has 2 fully saturated rings. The third-order valence-electron chi connectivity index (χ3n) is 4.39. The average molecular weight is 310 g/mol. The van der Waals surface area contributed by atoms with Crippen LogP contribution in [0.15, 0.2) is 18.2 Å². The highest BCUT2D eigenvalue weighted by molar-refractivity contribution is 6.31. The fourth-order valence-corrected chi connectivity index (χ4v) is 3.24. The molecule has 4 nitrogen and oxygen atoms in total. The van der Waals surface area contributed by atoms with Gasteiger partial charge in [0.05, 0.1) is 13.2 Å². The largest absolute Gasteiger partial charge is 0.348 e. The second-order valence-corrected chi connectivity index (χ2v) is 6.27. The van der Waals surface area contributed by atoms with Gasteiger partial charge in [-0.1, -0.05) is 17.7 Å². The van der Waals surface area contributed by atoms with Crippen LogP contribution in [0.4, 0.5) is 5.69 Å². The standard InChI is InChI=1S/C16H20ClNO3/c1-11-2-3-13(17)10-14(11)18-15(19)12-4-6-16(7-5-12)20-8-9-21-16/h2-3,10,12H,4-9H2,1H3,(H,18,19). The van der Waals surface area contributed by atoms with Crippen molar-refractivity contribution in [2.75, 3.05) is 18.5 Å². The summed E-state index contributed by atoms with van der Waals surface area (Å²) in [5, 5.41) is 3.63. The zero-order chi connectivity index (χ0) is 14.9. The summed E-state index contributed by atoms with van der Waals surface area (Å²) in [4.78, 5) is 12.4. The van der Waals surface area contributed by atoms with Gasteiger partial charge in [-0.05, 0) is 37.5 Å². The smallest absolute Gasteiger partial charge is 0.227 e. The number of halogens is 1. The highest BCUT2D eigenvalue weighted by Crippen LogP contribution is 2.38. The Labute approximate surface area is 129 Å². The van der Waals surface area contributed by atoms with Crippen LogP contribution in [0.1, 0.15) is 31.2 Å². The number of benzene rings is 1. The Hall–Kier alpha value is -1.10. The van der Waals surface area contributed by atoms with Gasteiger partial charge in [-0.3, -0.25) is 4.79 Å². The highest BCUT2D eigenvalue weighted by Gasteiger charge is 2.41. The van der Waals surface area contributed by atoms with Crippen LogP contribution in [0.2, 0.25) is 5.02 Å². The Balaban J connectivity index is 1.60. The minimum Gasteiger partial charge on any atom is -0.348 e. The summed E-state index contributed by atoms with van der Waals surface area (Å²) < 4.78 is 11.4. The van der Waals surface area contributed by atoms with E-state index in [-0.39, 0.29) is 11.8 Å². The summed E-state index contributed by atoms with van der Waals surface area (Å²) >= 11 is 5.98. The van der Waals surface area contributed by atoms with Crippen LogP contribution in [0.25, 0.3) is 0 Å². The minimum absolute atomic E-state index is 0.0156. The van der Waals surface area contributed by atoms with E-state index in [1.165, 1.54) is 0 Å². The third kappa shape index (κ3) is 3.23. The van der Waals surface area contributed by atoms with Gasteiger partial charge < -0.3 is 14.8 Å². The lowest BCUT2D eigenvalue weighted by molar-refractivity contribution is -0.182. The predicted molar refractivity (Wildman–Crippen MR) is 81.4 cm³/mol. The molecule has 1 spiro atoms. The van der Waals surface area contributed by atoms with Crippen molar-refractivity contribution in [1.29, 1.82) is 0 Å². The van der Waals surface area contributed by atoms with E-state index in [0.717, 1.165) is 36.9 Å². The van der Waals surface area contributed by atoms with Crippen molar-refractivity contribution in [3.05, 3.63) is 28.8 Å². The van der Waals surface area contributed by atoms with E-state index in [2.05, 4.69) is 5.32 Å². The van der Waals surface area contributed by atoms with Crippen LogP contribution < -0.4 is 5.32 Å². The average Bonchev–Trinajstić information content (AvgIpc) is 2.92. The number of hydrogen-bond acceptors (Lipinski definition) is 3. The van der Waals surface area contributed by atoms with Crippen molar-refractivity contribution in [2.45, 2.75) is 38.4 Å². The second-order valence-electron chi connectivity index (χ2n) is 5.83. The second kappa shape index (κ2) is 5.95. The van der Waals surface area contributed by atoms with E-state index in [4.69, 9.17) is 21.1 Å². The number of aryl methyl sites for hydroxylation is 1. The first-order chi connectivity index (χ1) is 10.1. The molecule has 1 heterocycles. The molecular weight excluding hydrogens is 290 g/mol. The Morgan fingerprint density at radius 2 is 1.95 bits per heavy atom. The number of carbonyl (C=O) groups is 1. The van der Waals surface area contributed by atoms with E-state index in [9.17, 15) is 4.79 Å². The maximum atomic E-state index is 12.4. The summed E-state index contributed by atoms with van der Waals surface area (Å²) in [7, 11) is 0. The molecule has 1 saturated carbocycles. The van der Waals surface area contributed by atoms with Crippen LogP contribution in [0.5, 0.6) is 0 Å². The normalized spacial score (nSPS) is 21.6. The van der Waals surface area contributed by atoms with Gasteiger partial charge in [0.15, 0.2) is 5.79 Å². The van der Waals surface area contributed by atoms with E-state index in [1.807, 2.05) is 19.1 Å². The number of anilines is 1. The van der Waals surface area contributed by atoms with E-state index in [1.54, 1.807) is 6.07 Å². The van der Waals surface area contributed by atoms with Crippen molar-refractivity contribution in [3.63, 3.8) is 0 Å². The van der Waals surface area contributed by atoms with Gasteiger partial charge in [-0.2, -0.15) is 0 Å². The van der Waals surface area contributed by atoms with Crippen LogP contribution in [0.3, 0.4) is 0 Å². The number of ether oxygens (including phenoxy) is 2. The van der Waals surface area contributed by atoms with Crippen molar-refractivity contribution >= 4 is 23.2 Å². The molecule has 1 aromatic carbocycles. The van der Waals surface area contributed by atoms with Crippen molar-refractivity contribution in [3.8, 4) is 0 Å². The molecule has 1 aromatic rings. The maximum Gasteiger partial charge on any atom is 0.227 e. The zero-order valence-electron chi connectivity index (χ0n) is 12.2. The van der Waals surface area contributed by atoms with Gasteiger partial charge in [-0.25, -0.2) is 0 Å². The van der Waals surface area contributed by atoms with Crippen LogP contribution in [-0.2, 0) is 14.3 Å². The zero-order valence-corrected chi connectivity index (χ0v) is 12.9. The summed E-state index contributed by atoms with van der Waals surface area (Å²) in [6.07, 6.45) is 3.18. The fraction of sp³-hybridized carbons (Fsp3) is 0.562. The molecule has 1 saturated heterocycles. The van der Waals surface area contributed by atoms with Gasteiger partial charge in [0, 0.05) is 29.5 Å². The van der Waals surface area contributed by atoms with Gasteiger partial charge in [-0.15, -0.1) is 0 Å². The molecule has 5 heteroatoms. The maximum absolute atomic E-state index is 12.4. The third-order valence-corrected chi connectivity index (χ3v) is 4.62. The topological polar surface area (TPSA) is 47.6 Å². The van der Waals surface area contributed by atoms with Gasteiger partial charge in [0.25, 0.3) is 0 Å². The van der Waals surface area contributed by atoms with E-state index in [0.29, 0.717) is 18.2 Å². The molecule has 2 aliphatic rings. The van der Waals surface area contributed by atoms with Crippen LogP contribution >= 0.6 is 11.6 Å². The molecule has 1 aliphatic carbocycles. The first-order valence-corrected chi connectivity index (χ1v) is 7.81. The summed E-state index contributed by atoms with van der Waals surface area (Å²) in [5.74, 6) is -0.335. The summed E-state index contributed by atoms with van der Waals surface area (Å²) in [6.45, 7) is 3.29. The molecule has 1 amide bonds. The Morgan fingerprint density at radius 1 is 1.29 bits per heavy atom. The van der Waals surface area contributed by atoms with Crippen molar-refractivity contribution in [2.24, 2.45) is 5.92 Å². The minimum atomic E-state index is -0.414. The highest BCUT2D eigenvalue weighted by atomic mass is 35.5. The lowest BCUT2D eigenvalue weighted by Gasteiger charge is -2.34. The SMILES string of the molecule is Cc1ccc(Cl)cc1NC(=O)C1CCC2(CC1)OCCO2. The van der Waals surface area contributed by atoms with E-state index >= 15 is 0 Å². The molecule has 21 heavy (non-hydrogen) atoms. The predicted octanol–water partition coefficient (Wildman–Crippen LogP) is 3.52. The van der Waals surface area contributed by atoms with Gasteiger partial charge in [0.1, 0.15) is 0 Å². The van der Waals surface area contributed by atoms with Crippen LogP contribution in [0, 0.1) is 12.8 Å². The molecule has 1 aliphatic heterocycles. The van der Waals surface area contributed by atoms with Gasteiger partial charge >= 0.3 is 0 Å². The number of amides is 1. The summed E-state index contributed by atoms with van der Waals surface area (Å²) in [6, 6.07) is 5.53. The molecule has 1 N–H and O–H groups in total. The van der Waals surface area contributed by atoms with Crippen molar-refractivity contribution < 1.29 is 14.3 Å². The number of rotatable bonds is 2. The lowest BCUT2D eigenvalue weighted by Crippen LogP contribution is -2.38. The Kier molecular flexibility index (Phi) is 4.20. The quantitative estimate of drug-likeness (QED) is 0.909. The Morgan fingerprint density at radius 3 is 2.62 bits per heavy atom. The van der Waals surface area contributed by atoms with Crippen molar-refractivity contribution in [1.82, 2.24) is 0 Å². The molecule has 0 bridgehead atoms. The fourth-order valence-electron chi connectivity index (χ4n) is 3.07.